The van der Waals surface area contributed by atoms with Gasteiger partial charge in [0, 0.05) is 11.5 Å². The van der Waals surface area contributed by atoms with Crippen LogP contribution in [0.25, 0.3) is 0 Å². The van der Waals surface area contributed by atoms with Crippen LogP contribution in [0.4, 0.5) is 0 Å². The van der Waals surface area contributed by atoms with Crippen molar-refractivity contribution in [3.63, 3.8) is 0 Å². The van der Waals surface area contributed by atoms with Crippen molar-refractivity contribution >= 4 is 20.2 Å². The van der Waals surface area contributed by atoms with E-state index in [9.17, 15) is 25.9 Å². The minimum atomic E-state index is -4.05. The molecule has 0 aromatic heterocycles. The summed E-state index contributed by atoms with van der Waals surface area (Å²) in [6.07, 6.45) is 11.1. The molecule has 0 spiro atoms. The summed E-state index contributed by atoms with van der Waals surface area (Å²) < 4.78 is 62.3. The molecule has 134 valence electrons. The van der Waals surface area contributed by atoms with Crippen LogP contribution in [-0.4, -0.2) is 37.4 Å². The van der Waals surface area contributed by atoms with E-state index in [-0.39, 0.29) is 70.6 Å². The molecule has 24 heavy (non-hydrogen) atoms. The molecule has 0 atom stereocenters. The van der Waals surface area contributed by atoms with E-state index in [0.717, 1.165) is 64.2 Å². The van der Waals surface area contributed by atoms with Crippen LogP contribution in [0.3, 0.4) is 0 Å². The topological polar surface area (TPSA) is 114 Å². The summed E-state index contributed by atoms with van der Waals surface area (Å²) in [5.41, 5.74) is 0. The molecule has 0 fully saturated rings. The normalized spacial score (nSPS) is 11.6. The molecule has 0 aliphatic carbocycles. The first kappa shape index (κ1) is 30.5. The van der Waals surface area contributed by atoms with E-state index >= 15 is 0 Å². The van der Waals surface area contributed by atoms with Gasteiger partial charge in [-0.05, 0) is 12.8 Å². The van der Waals surface area contributed by atoms with Crippen molar-refractivity contribution in [2.45, 2.75) is 77.0 Å². The molecule has 0 bridgehead atoms. The first-order valence-corrected chi connectivity index (χ1v) is 11.2. The minimum absolute atomic E-state index is 0. The van der Waals surface area contributed by atoms with Crippen LogP contribution in [0.1, 0.15) is 77.0 Å². The molecular weight excluding hydrogens is 374 g/mol. The number of rotatable bonds is 15. The average molecular weight is 402 g/mol. The van der Waals surface area contributed by atoms with Gasteiger partial charge in [-0.15, -0.1) is 0 Å². The second kappa shape index (κ2) is 18.2. The molecule has 6 nitrogen and oxygen atoms in total. The van der Waals surface area contributed by atoms with Gasteiger partial charge in [0.25, 0.3) is 0 Å². The molecule has 0 heterocycles. The van der Waals surface area contributed by atoms with Crippen LogP contribution in [-0.2, 0) is 20.2 Å². The van der Waals surface area contributed by atoms with Crippen LogP contribution >= 0.6 is 0 Å². The van der Waals surface area contributed by atoms with E-state index < -0.39 is 20.2 Å². The maximum absolute atomic E-state index is 10.4. The minimum Gasteiger partial charge on any atom is -0.748 e. The molecule has 0 aliphatic heterocycles. The summed E-state index contributed by atoms with van der Waals surface area (Å²) in [4.78, 5) is 0. The van der Waals surface area contributed by atoms with Crippen LogP contribution < -0.4 is 59.1 Å². The molecule has 0 N–H and O–H groups in total. The first-order chi connectivity index (χ1) is 10.2. The van der Waals surface area contributed by atoms with Crippen molar-refractivity contribution in [1.29, 1.82) is 0 Å². The summed E-state index contributed by atoms with van der Waals surface area (Å²) in [7, 11) is -8.10. The van der Waals surface area contributed by atoms with Gasteiger partial charge in [-0.1, -0.05) is 64.2 Å². The van der Waals surface area contributed by atoms with E-state index in [2.05, 4.69) is 0 Å². The van der Waals surface area contributed by atoms with Gasteiger partial charge in [0.15, 0.2) is 0 Å². The molecule has 0 unspecified atom stereocenters. The van der Waals surface area contributed by atoms with E-state index in [1.54, 1.807) is 0 Å². The Labute approximate surface area is 192 Å². The molecular formula is C14H28Na2O6S2. The van der Waals surface area contributed by atoms with Crippen molar-refractivity contribution in [1.82, 2.24) is 0 Å². The van der Waals surface area contributed by atoms with E-state index in [0.29, 0.717) is 12.8 Å². The van der Waals surface area contributed by atoms with Crippen molar-refractivity contribution in [3.8, 4) is 0 Å². The van der Waals surface area contributed by atoms with Gasteiger partial charge in [0.2, 0.25) is 0 Å². The molecule has 0 aromatic carbocycles. The maximum atomic E-state index is 10.4. The number of hydrogen-bond donors (Lipinski definition) is 0. The Morgan fingerprint density at radius 2 is 0.583 bits per heavy atom. The fourth-order valence-corrected chi connectivity index (χ4v) is 3.44. The van der Waals surface area contributed by atoms with Gasteiger partial charge in [-0.25, -0.2) is 16.8 Å². The fraction of sp³-hybridized carbons (Fsp3) is 1.00. The van der Waals surface area contributed by atoms with Gasteiger partial charge < -0.3 is 9.11 Å². The fourth-order valence-electron chi connectivity index (χ4n) is 2.33. The zero-order valence-corrected chi connectivity index (χ0v) is 20.8. The average Bonchev–Trinajstić information content (AvgIpc) is 2.36. The second-order valence-electron chi connectivity index (χ2n) is 5.77. The smallest absolute Gasteiger partial charge is 0.748 e. The van der Waals surface area contributed by atoms with Crippen molar-refractivity contribution in [2.75, 3.05) is 11.5 Å². The number of unbranched alkanes of at least 4 members (excludes halogenated alkanes) is 11. The Kier molecular flexibility index (Phi) is 23.2. The zero-order valence-electron chi connectivity index (χ0n) is 15.2. The maximum Gasteiger partial charge on any atom is 1.00 e. The van der Waals surface area contributed by atoms with Crippen LogP contribution in [0.15, 0.2) is 0 Å². The predicted octanol–water partition coefficient (Wildman–Crippen LogP) is -3.23. The third-order valence-electron chi connectivity index (χ3n) is 3.54. The molecule has 0 aromatic rings. The van der Waals surface area contributed by atoms with E-state index in [1.807, 2.05) is 0 Å². The predicted molar refractivity (Wildman–Crippen MR) is 84.5 cm³/mol. The van der Waals surface area contributed by atoms with Gasteiger partial charge in [-0.2, -0.15) is 0 Å². The van der Waals surface area contributed by atoms with Crippen LogP contribution in [0.2, 0.25) is 0 Å². The SMILES string of the molecule is O=S(=O)([O-])CCCCCCCCCCCCCCS(=O)(=O)[O-].[Na+].[Na+]. The van der Waals surface area contributed by atoms with E-state index in [4.69, 9.17) is 0 Å². The monoisotopic (exact) mass is 402 g/mol. The van der Waals surface area contributed by atoms with Crippen molar-refractivity contribution in [3.05, 3.63) is 0 Å². The Morgan fingerprint density at radius 3 is 0.750 bits per heavy atom. The zero-order chi connectivity index (χ0) is 16.9. The standard InChI is InChI=1S/C14H30O6S2.2Na/c15-21(16,17)13-11-9-7-5-3-1-2-4-6-8-10-12-14-22(18,19)20;;/h1-14H2,(H,15,16,17)(H,18,19,20);;/q;2*+1/p-2. The summed E-state index contributed by atoms with van der Waals surface area (Å²) in [5, 5.41) is 0. The largest absolute Gasteiger partial charge is 1.00 e. The summed E-state index contributed by atoms with van der Waals surface area (Å²) in [6.45, 7) is 0. The Hall–Kier alpha value is 1.82. The molecule has 10 heteroatoms. The summed E-state index contributed by atoms with van der Waals surface area (Å²) >= 11 is 0. The van der Waals surface area contributed by atoms with Gasteiger partial charge in [0.05, 0.1) is 20.2 Å². The molecule has 0 rings (SSSR count). The quantitative estimate of drug-likeness (QED) is 0.162. The van der Waals surface area contributed by atoms with Gasteiger partial charge in [0.1, 0.15) is 0 Å². The molecule has 0 saturated heterocycles. The number of hydrogen-bond acceptors (Lipinski definition) is 6. The van der Waals surface area contributed by atoms with Gasteiger partial charge in [-0.3, -0.25) is 0 Å². The summed E-state index contributed by atoms with van der Waals surface area (Å²) in [5.74, 6) is -0.499. The second-order valence-corrected chi connectivity index (χ2v) is 8.81. The molecule has 0 aliphatic rings. The van der Waals surface area contributed by atoms with Crippen LogP contribution in [0, 0.1) is 0 Å². The summed E-state index contributed by atoms with van der Waals surface area (Å²) in [6, 6.07) is 0. The van der Waals surface area contributed by atoms with E-state index in [1.165, 1.54) is 0 Å². The van der Waals surface area contributed by atoms with Gasteiger partial charge >= 0.3 is 59.1 Å². The molecule has 0 saturated carbocycles. The molecule has 0 amide bonds. The van der Waals surface area contributed by atoms with Crippen molar-refractivity contribution < 1.29 is 85.1 Å². The van der Waals surface area contributed by atoms with Crippen LogP contribution in [0.5, 0.6) is 0 Å². The first-order valence-electron chi connectivity index (χ1n) is 8.08. The Bertz CT molecular complexity index is 422. The van der Waals surface area contributed by atoms with Crippen molar-refractivity contribution in [2.24, 2.45) is 0 Å². The Balaban J connectivity index is -0.00000220. The Morgan fingerprint density at radius 1 is 0.417 bits per heavy atom. The third kappa shape index (κ3) is 28.6. The molecule has 0 radical (unpaired) electrons. The third-order valence-corrected chi connectivity index (χ3v) is 5.12.